The zero-order valence-corrected chi connectivity index (χ0v) is 7.34. The highest BCUT2D eigenvalue weighted by Gasteiger charge is 2.11. The lowest BCUT2D eigenvalue weighted by Gasteiger charge is -2.02. The Hall–Kier alpha value is -2.33. The van der Waals surface area contributed by atoms with Gasteiger partial charge in [0.25, 0.3) is 5.91 Å². The molecule has 0 aromatic heterocycles. The van der Waals surface area contributed by atoms with Crippen LogP contribution >= 0.6 is 0 Å². The lowest BCUT2D eigenvalue weighted by atomic mass is 10.1. The van der Waals surface area contributed by atoms with Crippen molar-refractivity contribution in [3.8, 4) is 12.4 Å². The molecule has 1 aromatic rings. The van der Waals surface area contributed by atoms with E-state index in [0.29, 0.717) is 4.90 Å². The fourth-order valence-electron chi connectivity index (χ4n) is 0.983. The number of nitriles is 2. The minimum Gasteiger partial charge on any atom is -0.272 e. The predicted octanol–water partition coefficient (Wildman–Crippen LogP) is 1.02. The zero-order valence-electron chi connectivity index (χ0n) is 7.34. The topological polar surface area (TPSA) is 67.9 Å². The second kappa shape index (κ2) is 4.64. The predicted molar refractivity (Wildman–Crippen MR) is 48.2 cm³/mol. The molecular formula is C10H7N3O. The molecule has 0 spiro atoms. The Labute approximate surface area is 81.6 Å². The summed E-state index contributed by atoms with van der Waals surface area (Å²) in [6.07, 6.45) is 3.06. The van der Waals surface area contributed by atoms with Crippen LogP contribution in [0.4, 0.5) is 0 Å². The summed E-state index contributed by atoms with van der Waals surface area (Å²) >= 11 is 0. The third kappa shape index (κ3) is 2.33. The van der Waals surface area contributed by atoms with Gasteiger partial charge in [-0.25, -0.2) is 0 Å². The fourth-order valence-corrected chi connectivity index (χ4v) is 0.983. The van der Waals surface area contributed by atoms with Crippen molar-refractivity contribution >= 4 is 5.91 Å². The van der Waals surface area contributed by atoms with Crippen LogP contribution < -0.4 is 0 Å². The number of carbonyl (C=O) groups is 1. The average Bonchev–Trinajstić information content (AvgIpc) is 2.21. The van der Waals surface area contributed by atoms with Gasteiger partial charge in [-0.15, -0.1) is 4.90 Å². The van der Waals surface area contributed by atoms with Crippen molar-refractivity contribution in [1.29, 1.82) is 10.5 Å². The Morgan fingerprint density at radius 2 is 1.79 bits per heavy atom. The Balaban J connectivity index is 2.68. The zero-order chi connectivity index (χ0) is 10.4. The van der Waals surface area contributed by atoms with Gasteiger partial charge in [0.05, 0.1) is 6.42 Å². The van der Waals surface area contributed by atoms with E-state index >= 15 is 0 Å². The lowest BCUT2D eigenvalue weighted by Crippen LogP contribution is -2.22. The number of rotatable bonds is 2. The van der Waals surface area contributed by atoms with E-state index in [2.05, 4.69) is 0 Å². The summed E-state index contributed by atoms with van der Waals surface area (Å²) in [5.74, 6) is -0.513. The van der Waals surface area contributed by atoms with E-state index in [-0.39, 0.29) is 6.42 Å². The van der Waals surface area contributed by atoms with Crippen LogP contribution in [0.25, 0.3) is 0 Å². The van der Waals surface area contributed by atoms with Gasteiger partial charge < -0.3 is 0 Å². The van der Waals surface area contributed by atoms with E-state index < -0.39 is 5.91 Å². The van der Waals surface area contributed by atoms with Gasteiger partial charge in [-0.2, -0.15) is 10.5 Å². The molecule has 0 radical (unpaired) electrons. The van der Waals surface area contributed by atoms with Gasteiger partial charge >= 0.3 is 0 Å². The van der Waals surface area contributed by atoms with Crippen molar-refractivity contribution < 1.29 is 4.79 Å². The Bertz CT molecular complexity index is 386. The lowest BCUT2D eigenvalue weighted by molar-refractivity contribution is -0.125. The van der Waals surface area contributed by atoms with Crippen LogP contribution in [0.5, 0.6) is 0 Å². The van der Waals surface area contributed by atoms with Crippen LogP contribution in [0.1, 0.15) is 5.56 Å². The summed E-state index contributed by atoms with van der Waals surface area (Å²) in [5, 5.41) is 16.8. The van der Waals surface area contributed by atoms with Gasteiger partial charge in [0, 0.05) is 0 Å². The third-order valence-corrected chi connectivity index (χ3v) is 1.65. The summed E-state index contributed by atoms with van der Waals surface area (Å²) in [6.45, 7) is 0. The molecule has 0 atom stereocenters. The number of nitrogens with zero attached hydrogens (tertiary/aromatic N) is 3. The first kappa shape index (κ1) is 9.76. The molecule has 0 fully saturated rings. The minimum atomic E-state index is -0.513. The number of benzene rings is 1. The third-order valence-electron chi connectivity index (χ3n) is 1.65. The Morgan fingerprint density at radius 1 is 1.21 bits per heavy atom. The van der Waals surface area contributed by atoms with E-state index in [1.54, 1.807) is 24.3 Å². The number of carbonyl (C=O) groups excluding carboxylic acids is 1. The fraction of sp³-hybridized carbons (Fsp3) is 0.100. The molecule has 0 unspecified atom stereocenters. The molecule has 0 bridgehead atoms. The van der Waals surface area contributed by atoms with Crippen molar-refractivity contribution in [2.75, 3.05) is 0 Å². The van der Waals surface area contributed by atoms with E-state index in [1.807, 2.05) is 6.07 Å². The van der Waals surface area contributed by atoms with Crippen LogP contribution in [0.15, 0.2) is 30.3 Å². The first-order valence-electron chi connectivity index (χ1n) is 3.94. The van der Waals surface area contributed by atoms with Gasteiger partial charge in [-0.3, -0.25) is 4.79 Å². The van der Waals surface area contributed by atoms with E-state index in [0.717, 1.165) is 5.56 Å². The highest BCUT2D eigenvalue weighted by atomic mass is 16.2. The smallest absolute Gasteiger partial charge is 0.253 e. The number of amides is 1. The maximum atomic E-state index is 11.3. The SMILES string of the molecule is N#CN(C#N)C(=O)Cc1ccccc1. The normalized spacial score (nSPS) is 8.43. The quantitative estimate of drug-likeness (QED) is 0.510. The van der Waals surface area contributed by atoms with Crippen molar-refractivity contribution in [2.45, 2.75) is 6.42 Å². The van der Waals surface area contributed by atoms with Crippen LogP contribution in [0.3, 0.4) is 0 Å². The molecular weight excluding hydrogens is 178 g/mol. The Morgan fingerprint density at radius 3 is 2.29 bits per heavy atom. The van der Waals surface area contributed by atoms with Crippen LogP contribution in [-0.2, 0) is 11.2 Å². The largest absolute Gasteiger partial charge is 0.272 e. The van der Waals surface area contributed by atoms with E-state index in [4.69, 9.17) is 10.5 Å². The van der Waals surface area contributed by atoms with Crippen LogP contribution in [-0.4, -0.2) is 10.8 Å². The van der Waals surface area contributed by atoms with Crippen LogP contribution in [0.2, 0.25) is 0 Å². The monoisotopic (exact) mass is 185 g/mol. The maximum Gasteiger partial charge on any atom is 0.253 e. The summed E-state index contributed by atoms with van der Waals surface area (Å²) in [6, 6.07) is 8.97. The summed E-state index contributed by atoms with van der Waals surface area (Å²) in [4.78, 5) is 11.7. The average molecular weight is 185 g/mol. The second-order valence-electron chi connectivity index (χ2n) is 2.59. The van der Waals surface area contributed by atoms with Crippen molar-refractivity contribution in [3.05, 3.63) is 35.9 Å². The van der Waals surface area contributed by atoms with Gasteiger partial charge in [-0.05, 0) is 5.56 Å². The molecule has 14 heavy (non-hydrogen) atoms. The molecule has 68 valence electrons. The molecule has 0 N–H and O–H groups in total. The van der Waals surface area contributed by atoms with Gasteiger partial charge in [0.2, 0.25) is 12.4 Å². The molecule has 0 aliphatic carbocycles. The van der Waals surface area contributed by atoms with Crippen LogP contribution in [0, 0.1) is 22.9 Å². The molecule has 0 aliphatic rings. The molecule has 0 heterocycles. The highest BCUT2D eigenvalue weighted by molar-refractivity contribution is 5.81. The van der Waals surface area contributed by atoms with Gasteiger partial charge in [0.1, 0.15) is 0 Å². The maximum absolute atomic E-state index is 11.3. The number of hydrogen-bond donors (Lipinski definition) is 0. The summed E-state index contributed by atoms with van der Waals surface area (Å²) < 4.78 is 0. The highest BCUT2D eigenvalue weighted by Crippen LogP contribution is 2.01. The summed E-state index contributed by atoms with van der Waals surface area (Å²) in [7, 11) is 0. The summed E-state index contributed by atoms with van der Waals surface area (Å²) in [5.41, 5.74) is 0.785. The molecule has 4 heteroatoms. The molecule has 1 aromatic carbocycles. The number of hydrogen-bond acceptors (Lipinski definition) is 3. The minimum absolute atomic E-state index is 0.0714. The second-order valence-corrected chi connectivity index (χ2v) is 2.59. The van der Waals surface area contributed by atoms with Crippen molar-refractivity contribution in [1.82, 2.24) is 4.90 Å². The molecule has 0 saturated carbocycles. The van der Waals surface area contributed by atoms with E-state index in [9.17, 15) is 4.79 Å². The molecule has 0 saturated heterocycles. The first-order chi connectivity index (χ1) is 6.77. The first-order valence-corrected chi connectivity index (χ1v) is 3.94. The van der Waals surface area contributed by atoms with Gasteiger partial charge in [-0.1, -0.05) is 30.3 Å². The van der Waals surface area contributed by atoms with E-state index in [1.165, 1.54) is 12.4 Å². The molecule has 1 rings (SSSR count). The molecule has 1 amide bonds. The molecule has 0 aliphatic heterocycles. The molecule has 4 nitrogen and oxygen atoms in total. The Kier molecular flexibility index (Phi) is 3.23. The van der Waals surface area contributed by atoms with Crippen molar-refractivity contribution in [2.24, 2.45) is 0 Å². The van der Waals surface area contributed by atoms with Gasteiger partial charge in [0.15, 0.2) is 0 Å². The van der Waals surface area contributed by atoms with Crippen molar-refractivity contribution in [3.63, 3.8) is 0 Å². The standard InChI is InChI=1S/C10H7N3O/c11-7-13(8-12)10(14)6-9-4-2-1-3-5-9/h1-5H,6H2.